The van der Waals surface area contributed by atoms with Crippen LogP contribution in [0.1, 0.15) is 52.9 Å². The molecule has 0 bridgehead atoms. The largest absolute Gasteiger partial charge is 0.444 e. The molecule has 1 amide bonds. The molecular weight excluding hydrogens is 266 g/mol. The summed E-state index contributed by atoms with van der Waals surface area (Å²) in [6.45, 7) is 9.82. The van der Waals surface area contributed by atoms with Crippen LogP contribution in [0.2, 0.25) is 0 Å². The second-order valence-corrected chi connectivity index (χ2v) is 7.29. The van der Waals surface area contributed by atoms with Crippen LogP contribution >= 0.6 is 0 Å². The molecule has 21 heavy (non-hydrogen) atoms. The zero-order chi connectivity index (χ0) is 15.3. The summed E-state index contributed by atoms with van der Waals surface area (Å²) < 4.78 is 5.21. The summed E-state index contributed by atoms with van der Waals surface area (Å²) in [5, 5.41) is 6.44. The zero-order valence-corrected chi connectivity index (χ0v) is 13.8. The Morgan fingerprint density at radius 3 is 2.81 bits per heavy atom. The molecule has 2 aliphatic rings. The Hall–Kier alpha value is -0.810. The fourth-order valence-electron chi connectivity index (χ4n) is 3.31. The lowest BCUT2D eigenvalue weighted by Crippen LogP contribution is -2.46. The molecule has 0 aromatic carbocycles. The number of carbonyl (C=O) groups is 1. The minimum atomic E-state index is -0.419. The van der Waals surface area contributed by atoms with Crippen molar-refractivity contribution in [2.75, 3.05) is 26.2 Å². The molecule has 2 heterocycles. The first-order chi connectivity index (χ1) is 9.94. The molecule has 0 aromatic rings. The van der Waals surface area contributed by atoms with Crippen LogP contribution in [-0.2, 0) is 4.74 Å². The predicted molar refractivity (Wildman–Crippen MR) is 84.5 cm³/mol. The third-order valence-electron chi connectivity index (χ3n) is 4.28. The Labute approximate surface area is 128 Å². The topological polar surface area (TPSA) is 53.6 Å². The fraction of sp³-hybridized carbons (Fsp3) is 0.938. The first-order valence-electron chi connectivity index (χ1n) is 8.38. The van der Waals surface area contributed by atoms with Crippen molar-refractivity contribution in [3.05, 3.63) is 0 Å². The Balaban J connectivity index is 1.51. The van der Waals surface area contributed by atoms with Crippen LogP contribution in [-0.4, -0.2) is 54.9 Å². The number of hydrogen-bond donors (Lipinski definition) is 2. The summed E-state index contributed by atoms with van der Waals surface area (Å²) in [5.74, 6) is 0. The molecule has 0 aliphatic carbocycles. The summed E-state index contributed by atoms with van der Waals surface area (Å²) in [5.41, 5.74) is -0.419. The molecule has 5 heteroatoms. The molecule has 2 N–H and O–H groups in total. The van der Waals surface area contributed by atoms with Crippen molar-refractivity contribution in [3.8, 4) is 0 Å². The SMILES string of the molecule is CC(C)(C)OC(=O)NCCCNC1CCN2CCCC2C1. The first kappa shape index (κ1) is 16.6. The number of carbonyl (C=O) groups excluding carboxylic acids is 1. The molecule has 2 aliphatic heterocycles. The lowest BCUT2D eigenvalue weighted by atomic mass is 9.97. The molecule has 0 saturated carbocycles. The van der Waals surface area contributed by atoms with Gasteiger partial charge in [-0.15, -0.1) is 0 Å². The van der Waals surface area contributed by atoms with E-state index in [9.17, 15) is 4.79 Å². The number of hydrogen-bond acceptors (Lipinski definition) is 4. The van der Waals surface area contributed by atoms with Crippen molar-refractivity contribution in [1.29, 1.82) is 0 Å². The maximum absolute atomic E-state index is 11.5. The van der Waals surface area contributed by atoms with E-state index in [0.29, 0.717) is 12.6 Å². The number of nitrogens with zero attached hydrogens (tertiary/aromatic N) is 1. The predicted octanol–water partition coefficient (Wildman–Crippen LogP) is 2.12. The van der Waals surface area contributed by atoms with E-state index in [1.54, 1.807) is 0 Å². The van der Waals surface area contributed by atoms with E-state index in [1.807, 2.05) is 20.8 Å². The van der Waals surface area contributed by atoms with Crippen molar-refractivity contribution in [2.24, 2.45) is 0 Å². The molecule has 122 valence electrons. The van der Waals surface area contributed by atoms with E-state index in [0.717, 1.165) is 19.0 Å². The summed E-state index contributed by atoms with van der Waals surface area (Å²) >= 11 is 0. The van der Waals surface area contributed by atoms with Gasteiger partial charge in [0.2, 0.25) is 0 Å². The van der Waals surface area contributed by atoms with Gasteiger partial charge in [-0.3, -0.25) is 0 Å². The van der Waals surface area contributed by atoms with E-state index in [4.69, 9.17) is 4.74 Å². The summed E-state index contributed by atoms with van der Waals surface area (Å²) in [7, 11) is 0. The van der Waals surface area contributed by atoms with Crippen molar-refractivity contribution in [2.45, 2.75) is 70.6 Å². The normalized spacial score (nSPS) is 26.4. The first-order valence-corrected chi connectivity index (χ1v) is 8.38. The van der Waals surface area contributed by atoms with Crippen molar-refractivity contribution in [3.63, 3.8) is 0 Å². The highest BCUT2D eigenvalue weighted by atomic mass is 16.6. The maximum Gasteiger partial charge on any atom is 0.407 e. The summed E-state index contributed by atoms with van der Waals surface area (Å²) in [6.07, 6.45) is 5.93. The van der Waals surface area contributed by atoms with Gasteiger partial charge in [-0.25, -0.2) is 4.79 Å². The molecule has 0 aromatic heterocycles. The van der Waals surface area contributed by atoms with E-state index < -0.39 is 5.60 Å². The van der Waals surface area contributed by atoms with Gasteiger partial charge in [0.05, 0.1) is 0 Å². The van der Waals surface area contributed by atoms with E-state index in [-0.39, 0.29) is 6.09 Å². The van der Waals surface area contributed by atoms with Crippen LogP contribution < -0.4 is 10.6 Å². The molecule has 2 rings (SSSR count). The van der Waals surface area contributed by atoms with Crippen LogP contribution in [0.5, 0.6) is 0 Å². The van der Waals surface area contributed by atoms with Gasteiger partial charge in [-0.05, 0) is 72.5 Å². The van der Waals surface area contributed by atoms with E-state index >= 15 is 0 Å². The highest BCUT2D eigenvalue weighted by molar-refractivity contribution is 5.67. The van der Waals surface area contributed by atoms with Crippen LogP contribution in [0.25, 0.3) is 0 Å². The highest BCUT2D eigenvalue weighted by Crippen LogP contribution is 2.26. The molecule has 2 saturated heterocycles. The molecule has 0 radical (unpaired) electrons. The number of piperidine rings is 1. The van der Waals surface area contributed by atoms with Crippen LogP contribution in [0.3, 0.4) is 0 Å². The van der Waals surface area contributed by atoms with Crippen molar-refractivity contribution < 1.29 is 9.53 Å². The highest BCUT2D eigenvalue weighted by Gasteiger charge is 2.31. The number of fused-ring (bicyclic) bond motifs is 1. The second-order valence-electron chi connectivity index (χ2n) is 7.29. The van der Waals surface area contributed by atoms with Gasteiger partial charge in [-0.2, -0.15) is 0 Å². The Bertz CT molecular complexity index is 341. The summed E-state index contributed by atoms with van der Waals surface area (Å²) in [4.78, 5) is 14.1. The molecule has 2 unspecified atom stereocenters. The van der Waals surface area contributed by atoms with Gasteiger partial charge in [0.15, 0.2) is 0 Å². The van der Waals surface area contributed by atoms with Gasteiger partial charge in [0.1, 0.15) is 5.60 Å². The lowest BCUT2D eigenvalue weighted by molar-refractivity contribution is 0.0527. The quantitative estimate of drug-likeness (QED) is 0.763. The minimum Gasteiger partial charge on any atom is -0.444 e. The third-order valence-corrected chi connectivity index (χ3v) is 4.28. The minimum absolute atomic E-state index is 0.318. The molecular formula is C16H31N3O2. The molecule has 0 spiro atoms. The van der Waals surface area contributed by atoms with Gasteiger partial charge >= 0.3 is 6.09 Å². The lowest BCUT2D eigenvalue weighted by Gasteiger charge is -2.35. The van der Waals surface area contributed by atoms with Gasteiger partial charge in [0.25, 0.3) is 0 Å². The van der Waals surface area contributed by atoms with Gasteiger partial charge in [0, 0.05) is 18.6 Å². The monoisotopic (exact) mass is 297 g/mol. The zero-order valence-electron chi connectivity index (χ0n) is 13.8. The summed E-state index contributed by atoms with van der Waals surface area (Å²) in [6, 6.07) is 1.47. The second kappa shape index (κ2) is 7.45. The van der Waals surface area contributed by atoms with Crippen LogP contribution in [0, 0.1) is 0 Å². The Kier molecular flexibility index (Phi) is 5.88. The molecule has 5 nitrogen and oxygen atoms in total. The number of ether oxygens (including phenoxy) is 1. The number of nitrogens with one attached hydrogen (secondary N) is 2. The third kappa shape index (κ3) is 5.83. The molecule has 2 fully saturated rings. The average Bonchev–Trinajstić information content (AvgIpc) is 2.83. The van der Waals surface area contributed by atoms with Crippen LogP contribution in [0.4, 0.5) is 4.79 Å². The molecule has 2 atom stereocenters. The van der Waals surface area contributed by atoms with E-state index in [2.05, 4.69) is 15.5 Å². The van der Waals surface area contributed by atoms with E-state index in [1.165, 1.54) is 38.8 Å². The average molecular weight is 297 g/mol. The van der Waals surface area contributed by atoms with Crippen molar-refractivity contribution in [1.82, 2.24) is 15.5 Å². The standard InChI is InChI=1S/C16H31N3O2/c1-16(2,3)21-15(20)18-9-5-8-17-13-7-11-19-10-4-6-14(19)12-13/h13-14,17H,4-12H2,1-3H3,(H,18,20). The van der Waals surface area contributed by atoms with Crippen molar-refractivity contribution >= 4 is 6.09 Å². The smallest absolute Gasteiger partial charge is 0.407 e. The maximum atomic E-state index is 11.5. The van der Waals surface area contributed by atoms with Gasteiger partial charge < -0.3 is 20.3 Å². The number of amides is 1. The number of alkyl carbamates (subject to hydrolysis) is 1. The Morgan fingerprint density at radius 1 is 1.24 bits per heavy atom. The Morgan fingerprint density at radius 2 is 2.05 bits per heavy atom. The number of rotatable bonds is 5. The van der Waals surface area contributed by atoms with Crippen LogP contribution in [0.15, 0.2) is 0 Å². The fourth-order valence-corrected chi connectivity index (χ4v) is 3.31. The van der Waals surface area contributed by atoms with Gasteiger partial charge in [-0.1, -0.05) is 0 Å².